The van der Waals surface area contributed by atoms with E-state index in [0.717, 1.165) is 47.5 Å². The minimum absolute atomic E-state index is 0.00839. The van der Waals surface area contributed by atoms with Crippen molar-refractivity contribution in [1.29, 1.82) is 0 Å². The fourth-order valence-corrected chi connectivity index (χ4v) is 6.91. The predicted molar refractivity (Wildman–Crippen MR) is 170 cm³/mol. The van der Waals surface area contributed by atoms with Gasteiger partial charge in [0.2, 0.25) is 11.8 Å². The third-order valence-corrected chi connectivity index (χ3v) is 9.89. The predicted octanol–water partition coefficient (Wildman–Crippen LogP) is 6.11. The van der Waals surface area contributed by atoms with Crippen LogP contribution in [-0.4, -0.2) is 50.9 Å². The van der Waals surface area contributed by atoms with Crippen LogP contribution in [0.1, 0.15) is 56.6 Å². The summed E-state index contributed by atoms with van der Waals surface area (Å²) in [5, 5.41) is 3.56. The van der Waals surface area contributed by atoms with Crippen molar-refractivity contribution in [3.05, 3.63) is 88.9 Å². The van der Waals surface area contributed by atoms with Crippen LogP contribution >= 0.6 is 11.6 Å². The van der Waals surface area contributed by atoms with Crippen molar-refractivity contribution in [2.45, 2.75) is 75.9 Å². The van der Waals surface area contributed by atoms with Crippen LogP contribution in [0.15, 0.2) is 77.7 Å². The highest BCUT2D eigenvalue weighted by molar-refractivity contribution is 7.92. The smallest absolute Gasteiger partial charge is 0.264 e. The van der Waals surface area contributed by atoms with E-state index in [4.69, 9.17) is 16.3 Å². The van der Waals surface area contributed by atoms with Gasteiger partial charge in [0.15, 0.2) is 0 Å². The molecule has 3 aromatic rings. The number of ether oxygens (including phenoxy) is 1. The first-order valence-electron chi connectivity index (χ1n) is 14.7. The average Bonchev–Trinajstić information content (AvgIpc) is 3.01. The molecule has 0 aliphatic heterocycles. The number of hydrogen-bond acceptors (Lipinski definition) is 5. The SMILES string of the molecule is CC[C@@H](C(=O)NC1CCCCC1)N(Cc1ccc(OC)cc1)C(=O)CN(c1ccc(C)cc1)S(=O)(=O)c1ccc(Cl)cc1. The van der Waals surface area contributed by atoms with Crippen molar-refractivity contribution in [1.82, 2.24) is 10.2 Å². The summed E-state index contributed by atoms with van der Waals surface area (Å²) >= 11 is 6.03. The molecule has 2 amide bonds. The molecular weight excluding hydrogens is 586 g/mol. The number of methoxy groups -OCH3 is 1. The first-order chi connectivity index (χ1) is 20.6. The van der Waals surface area contributed by atoms with E-state index in [0.29, 0.717) is 22.9 Å². The number of aryl methyl sites for hydroxylation is 1. The van der Waals surface area contributed by atoms with E-state index in [1.54, 1.807) is 43.5 Å². The van der Waals surface area contributed by atoms with Gasteiger partial charge in [0.1, 0.15) is 18.3 Å². The van der Waals surface area contributed by atoms with Gasteiger partial charge in [-0.1, -0.05) is 67.6 Å². The maximum Gasteiger partial charge on any atom is 0.264 e. The van der Waals surface area contributed by atoms with Crippen molar-refractivity contribution in [3.8, 4) is 5.75 Å². The Bertz CT molecular complexity index is 1470. The highest BCUT2D eigenvalue weighted by atomic mass is 35.5. The summed E-state index contributed by atoms with van der Waals surface area (Å²) in [4.78, 5) is 29.4. The number of benzene rings is 3. The summed E-state index contributed by atoms with van der Waals surface area (Å²) in [7, 11) is -2.58. The number of nitrogens with zero attached hydrogens (tertiary/aromatic N) is 2. The first kappa shape index (κ1) is 32.4. The van der Waals surface area contributed by atoms with Crippen LogP contribution in [-0.2, 0) is 26.2 Å². The Labute approximate surface area is 260 Å². The molecule has 0 aromatic heterocycles. The second-order valence-electron chi connectivity index (χ2n) is 10.9. The monoisotopic (exact) mass is 625 g/mol. The van der Waals surface area contributed by atoms with Gasteiger partial charge in [0, 0.05) is 17.6 Å². The van der Waals surface area contributed by atoms with E-state index in [2.05, 4.69) is 5.32 Å². The molecule has 1 fully saturated rings. The molecule has 43 heavy (non-hydrogen) atoms. The summed E-state index contributed by atoms with van der Waals surface area (Å²) in [5.41, 5.74) is 2.09. The largest absolute Gasteiger partial charge is 0.497 e. The highest BCUT2D eigenvalue weighted by Crippen LogP contribution is 2.27. The lowest BCUT2D eigenvalue weighted by atomic mass is 9.95. The van der Waals surface area contributed by atoms with Gasteiger partial charge in [0.05, 0.1) is 17.7 Å². The van der Waals surface area contributed by atoms with Gasteiger partial charge >= 0.3 is 0 Å². The minimum Gasteiger partial charge on any atom is -0.497 e. The Kier molecular flexibility index (Phi) is 11.1. The third-order valence-electron chi connectivity index (χ3n) is 7.85. The summed E-state index contributed by atoms with van der Waals surface area (Å²) in [6.45, 7) is 3.40. The molecule has 4 rings (SSSR count). The normalized spacial score (nSPS) is 14.5. The molecule has 1 aliphatic carbocycles. The molecule has 1 atom stereocenters. The van der Waals surface area contributed by atoms with Crippen molar-refractivity contribution < 1.29 is 22.7 Å². The highest BCUT2D eigenvalue weighted by Gasteiger charge is 2.34. The number of rotatable bonds is 12. The Morgan fingerprint density at radius 3 is 2.16 bits per heavy atom. The minimum atomic E-state index is -4.16. The second-order valence-corrected chi connectivity index (χ2v) is 13.2. The number of nitrogens with one attached hydrogen (secondary N) is 1. The molecule has 10 heteroatoms. The molecule has 1 saturated carbocycles. The molecule has 0 saturated heterocycles. The number of amides is 2. The molecule has 0 heterocycles. The van der Waals surface area contributed by atoms with E-state index < -0.39 is 28.5 Å². The van der Waals surface area contributed by atoms with E-state index >= 15 is 0 Å². The van der Waals surface area contributed by atoms with Gasteiger partial charge < -0.3 is 15.0 Å². The van der Waals surface area contributed by atoms with Crippen LogP contribution in [0.4, 0.5) is 5.69 Å². The van der Waals surface area contributed by atoms with E-state index in [9.17, 15) is 18.0 Å². The van der Waals surface area contributed by atoms with E-state index in [-0.39, 0.29) is 23.4 Å². The van der Waals surface area contributed by atoms with E-state index in [1.807, 2.05) is 26.0 Å². The zero-order valence-electron chi connectivity index (χ0n) is 25.0. The van der Waals surface area contributed by atoms with Crippen LogP contribution in [0, 0.1) is 6.92 Å². The van der Waals surface area contributed by atoms with Gasteiger partial charge in [-0.05, 0) is 80.3 Å². The van der Waals surface area contributed by atoms with Crippen molar-refractivity contribution in [2.75, 3.05) is 18.0 Å². The fourth-order valence-electron chi connectivity index (χ4n) is 5.36. The molecule has 0 bridgehead atoms. The lowest BCUT2D eigenvalue weighted by Crippen LogP contribution is -2.54. The molecule has 1 N–H and O–H groups in total. The second kappa shape index (κ2) is 14.8. The quantitative estimate of drug-likeness (QED) is 0.262. The molecule has 230 valence electrons. The van der Waals surface area contributed by atoms with Crippen molar-refractivity contribution in [3.63, 3.8) is 0 Å². The molecule has 0 spiro atoms. The van der Waals surface area contributed by atoms with Gasteiger partial charge in [0.25, 0.3) is 10.0 Å². The van der Waals surface area contributed by atoms with Crippen LogP contribution < -0.4 is 14.4 Å². The number of halogens is 1. The average molecular weight is 626 g/mol. The fraction of sp³-hybridized carbons (Fsp3) is 0.394. The van der Waals surface area contributed by atoms with Crippen LogP contribution in [0.2, 0.25) is 5.02 Å². The summed E-state index contributed by atoms with van der Waals surface area (Å²) in [6.07, 6.45) is 5.47. The molecular formula is C33H40ClN3O5S. The molecule has 0 unspecified atom stereocenters. The Hall–Kier alpha value is -3.56. The summed E-state index contributed by atoms with van der Waals surface area (Å²) in [5.74, 6) is -0.0402. The van der Waals surface area contributed by atoms with Gasteiger partial charge in [-0.2, -0.15) is 0 Å². The molecule has 3 aromatic carbocycles. The molecule has 0 radical (unpaired) electrons. The van der Waals surface area contributed by atoms with Crippen LogP contribution in [0.25, 0.3) is 0 Å². The number of hydrogen-bond donors (Lipinski definition) is 1. The Morgan fingerprint density at radius 2 is 1.58 bits per heavy atom. The summed E-state index contributed by atoms with van der Waals surface area (Å²) < 4.78 is 34.3. The zero-order chi connectivity index (χ0) is 31.0. The van der Waals surface area contributed by atoms with E-state index in [1.165, 1.54) is 29.2 Å². The van der Waals surface area contributed by atoms with Gasteiger partial charge in [-0.15, -0.1) is 0 Å². The lowest BCUT2D eigenvalue weighted by Gasteiger charge is -2.34. The Morgan fingerprint density at radius 1 is 0.953 bits per heavy atom. The van der Waals surface area contributed by atoms with Gasteiger partial charge in [-0.25, -0.2) is 8.42 Å². The van der Waals surface area contributed by atoms with Crippen molar-refractivity contribution in [2.24, 2.45) is 0 Å². The standard InChI is InChI=1S/C33H40ClN3O5S/c1-4-31(33(39)35-27-8-6-5-7-9-27)36(22-25-12-18-29(42-3)19-13-25)32(38)23-37(28-16-10-24(2)11-17-28)43(40,41)30-20-14-26(34)15-21-30/h10-21,27,31H,4-9,22-23H2,1-3H3,(H,35,39)/t31-/m0/s1. The number of carbonyl (C=O) groups is 2. The van der Waals surface area contributed by atoms with Gasteiger partial charge in [-0.3, -0.25) is 13.9 Å². The van der Waals surface area contributed by atoms with Crippen LogP contribution in [0.3, 0.4) is 0 Å². The van der Waals surface area contributed by atoms with Crippen LogP contribution in [0.5, 0.6) is 5.75 Å². The topological polar surface area (TPSA) is 96.0 Å². The zero-order valence-corrected chi connectivity index (χ0v) is 26.5. The number of carbonyl (C=O) groups excluding carboxylic acids is 2. The summed E-state index contributed by atoms with van der Waals surface area (Å²) in [6, 6.07) is 19.4. The number of anilines is 1. The Balaban J connectivity index is 1.70. The third kappa shape index (κ3) is 8.30. The van der Waals surface area contributed by atoms with Crippen molar-refractivity contribution >= 4 is 39.1 Å². The maximum absolute atomic E-state index is 14.2. The maximum atomic E-state index is 14.2. The first-order valence-corrected chi connectivity index (χ1v) is 16.5. The molecule has 8 nitrogen and oxygen atoms in total. The molecule has 1 aliphatic rings. The lowest BCUT2D eigenvalue weighted by molar-refractivity contribution is -0.140. The number of sulfonamides is 1.